The van der Waals surface area contributed by atoms with Crippen molar-refractivity contribution in [3.8, 4) is 6.07 Å². The third-order valence-electron chi connectivity index (χ3n) is 3.04. The van der Waals surface area contributed by atoms with Crippen LogP contribution in [0, 0.1) is 18.3 Å². The van der Waals surface area contributed by atoms with Gasteiger partial charge in [-0.3, -0.25) is 0 Å². The predicted octanol–water partition coefficient (Wildman–Crippen LogP) is 3.48. The fourth-order valence-electron chi connectivity index (χ4n) is 1.98. The van der Waals surface area contributed by atoms with Gasteiger partial charge in [-0.15, -0.1) is 0 Å². The lowest BCUT2D eigenvalue weighted by Gasteiger charge is -2.13. The fraction of sp³-hybridized carbons (Fsp3) is 0.250. The summed E-state index contributed by atoms with van der Waals surface area (Å²) in [6.07, 6.45) is 0. The number of nitriles is 1. The third kappa shape index (κ3) is 3.56. The van der Waals surface area contributed by atoms with E-state index in [-0.39, 0.29) is 0 Å². The second-order valence-corrected chi connectivity index (χ2v) is 4.69. The molecule has 1 N–H and O–H groups in total. The van der Waals surface area contributed by atoms with E-state index in [0.29, 0.717) is 11.5 Å². The standard InChI is InChI=1S/C16H17N3/c1-12(15-6-4-3-5-7-15)11-18-16-9-14(10-17)8-13(2)19-16/h3-9,12H,11H2,1-2H3,(H,18,19). The molecule has 0 bridgehead atoms. The number of anilines is 1. The van der Waals surface area contributed by atoms with Gasteiger partial charge >= 0.3 is 0 Å². The molecule has 0 aliphatic rings. The van der Waals surface area contributed by atoms with Gasteiger partial charge in [-0.1, -0.05) is 37.3 Å². The highest BCUT2D eigenvalue weighted by Crippen LogP contribution is 2.16. The molecule has 0 spiro atoms. The van der Waals surface area contributed by atoms with Gasteiger partial charge < -0.3 is 5.32 Å². The molecule has 1 heterocycles. The van der Waals surface area contributed by atoms with E-state index in [0.717, 1.165) is 18.1 Å². The molecule has 1 aromatic heterocycles. The molecule has 0 saturated heterocycles. The van der Waals surface area contributed by atoms with Crippen molar-refractivity contribution in [3.63, 3.8) is 0 Å². The summed E-state index contributed by atoms with van der Waals surface area (Å²) in [6.45, 7) is 4.86. The Kier molecular flexibility index (Phi) is 4.15. The molecule has 0 saturated carbocycles. The number of hydrogen-bond donors (Lipinski definition) is 1. The minimum absolute atomic E-state index is 0.397. The number of hydrogen-bond acceptors (Lipinski definition) is 3. The first kappa shape index (κ1) is 13.1. The molecular formula is C16H17N3. The van der Waals surface area contributed by atoms with Gasteiger partial charge in [-0.05, 0) is 30.5 Å². The maximum absolute atomic E-state index is 8.94. The molecular weight excluding hydrogens is 234 g/mol. The Morgan fingerprint density at radius 1 is 1.26 bits per heavy atom. The molecule has 2 aromatic rings. The second kappa shape index (κ2) is 6.01. The Bertz CT molecular complexity index is 585. The summed E-state index contributed by atoms with van der Waals surface area (Å²) in [7, 11) is 0. The fourth-order valence-corrected chi connectivity index (χ4v) is 1.98. The van der Waals surface area contributed by atoms with Gasteiger partial charge in [0.1, 0.15) is 5.82 Å². The van der Waals surface area contributed by atoms with Gasteiger partial charge in [0, 0.05) is 12.2 Å². The van der Waals surface area contributed by atoms with E-state index in [1.165, 1.54) is 5.56 Å². The van der Waals surface area contributed by atoms with E-state index in [1.807, 2.05) is 25.1 Å². The lowest BCUT2D eigenvalue weighted by atomic mass is 10.0. The van der Waals surface area contributed by atoms with Gasteiger partial charge in [0.05, 0.1) is 11.6 Å². The number of benzene rings is 1. The first-order valence-corrected chi connectivity index (χ1v) is 6.36. The van der Waals surface area contributed by atoms with Crippen LogP contribution < -0.4 is 5.32 Å². The minimum atomic E-state index is 0.397. The second-order valence-electron chi connectivity index (χ2n) is 4.69. The normalized spacial score (nSPS) is 11.6. The quantitative estimate of drug-likeness (QED) is 0.905. The average molecular weight is 251 g/mol. The van der Waals surface area contributed by atoms with Gasteiger partial charge in [0.25, 0.3) is 0 Å². The van der Waals surface area contributed by atoms with E-state index >= 15 is 0 Å². The SMILES string of the molecule is Cc1cc(C#N)cc(NCC(C)c2ccccc2)n1. The summed E-state index contributed by atoms with van der Waals surface area (Å²) < 4.78 is 0. The molecule has 19 heavy (non-hydrogen) atoms. The Hall–Kier alpha value is -2.34. The maximum Gasteiger partial charge on any atom is 0.127 e. The number of aromatic nitrogens is 1. The van der Waals surface area contributed by atoms with Crippen molar-refractivity contribution in [2.24, 2.45) is 0 Å². The number of nitrogens with one attached hydrogen (secondary N) is 1. The number of aryl methyl sites for hydroxylation is 1. The predicted molar refractivity (Wildman–Crippen MR) is 77.0 cm³/mol. The average Bonchev–Trinajstić information content (AvgIpc) is 2.45. The Labute approximate surface area is 113 Å². The van der Waals surface area contributed by atoms with Crippen LogP contribution in [0.3, 0.4) is 0 Å². The molecule has 3 nitrogen and oxygen atoms in total. The zero-order valence-electron chi connectivity index (χ0n) is 11.2. The van der Waals surface area contributed by atoms with E-state index in [2.05, 4.69) is 35.4 Å². The Morgan fingerprint density at radius 2 is 2.00 bits per heavy atom. The van der Waals surface area contributed by atoms with Crippen molar-refractivity contribution in [3.05, 3.63) is 59.3 Å². The molecule has 0 fully saturated rings. The van der Waals surface area contributed by atoms with Crippen LogP contribution in [0.2, 0.25) is 0 Å². The number of nitrogens with zero attached hydrogens (tertiary/aromatic N) is 2. The Balaban J connectivity index is 2.03. The summed E-state index contributed by atoms with van der Waals surface area (Å²) in [4.78, 5) is 4.39. The molecule has 1 aromatic carbocycles. The number of rotatable bonds is 4. The topological polar surface area (TPSA) is 48.7 Å². The minimum Gasteiger partial charge on any atom is -0.369 e. The summed E-state index contributed by atoms with van der Waals surface area (Å²) in [5.74, 6) is 1.16. The molecule has 0 aliphatic heterocycles. The molecule has 1 unspecified atom stereocenters. The highest BCUT2D eigenvalue weighted by Gasteiger charge is 2.05. The van der Waals surface area contributed by atoms with Crippen molar-refractivity contribution in [1.82, 2.24) is 4.98 Å². The van der Waals surface area contributed by atoms with E-state index in [9.17, 15) is 0 Å². The summed E-state index contributed by atoms with van der Waals surface area (Å²) >= 11 is 0. The van der Waals surface area contributed by atoms with Crippen molar-refractivity contribution < 1.29 is 0 Å². The van der Waals surface area contributed by atoms with Crippen LogP contribution >= 0.6 is 0 Å². The van der Waals surface area contributed by atoms with Crippen molar-refractivity contribution in [2.45, 2.75) is 19.8 Å². The van der Waals surface area contributed by atoms with Crippen LogP contribution in [0.1, 0.15) is 29.7 Å². The van der Waals surface area contributed by atoms with Crippen molar-refractivity contribution in [2.75, 3.05) is 11.9 Å². The monoisotopic (exact) mass is 251 g/mol. The summed E-state index contributed by atoms with van der Waals surface area (Å²) in [5.41, 5.74) is 2.79. The van der Waals surface area contributed by atoms with Crippen LogP contribution in [0.4, 0.5) is 5.82 Å². The maximum atomic E-state index is 8.94. The lowest BCUT2D eigenvalue weighted by Crippen LogP contribution is -2.11. The van der Waals surface area contributed by atoms with Gasteiger partial charge in [0.2, 0.25) is 0 Å². The molecule has 3 heteroatoms. The largest absolute Gasteiger partial charge is 0.369 e. The summed E-state index contributed by atoms with van der Waals surface area (Å²) in [5, 5.41) is 12.2. The van der Waals surface area contributed by atoms with Crippen LogP contribution in [0.15, 0.2) is 42.5 Å². The molecule has 0 radical (unpaired) electrons. The van der Waals surface area contributed by atoms with Gasteiger partial charge in [0.15, 0.2) is 0 Å². The summed E-state index contributed by atoms with van der Waals surface area (Å²) in [6, 6.07) is 16.1. The van der Waals surface area contributed by atoms with Crippen molar-refractivity contribution >= 4 is 5.82 Å². The van der Waals surface area contributed by atoms with Crippen molar-refractivity contribution in [1.29, 1.82) is 5.26 Å². The van der Waals surface area contributed by atoms with Gasteiger partial charge in [-0.25, -0.2) is 4.98 Å². The molecule has 0 aliphatic carbocycles. The molecule has 1 atom stereocenters. The van der Waals surface area contributed by atoms with Crippen LogP contribution in [-0.4, -0.2) is 11.5 Å². The van der Waals surface area contributed by atoms with E-state index in [1.54, 1.807) is 12.1 Å². The van der Waals surface area contributed by atoms with E-state index < -0.39 is 0 Å². The van der Waals surface area contributed by atoms with E-state index in [4.69, 9.17) is 5.26 Å². The van der Waals surface area contributed by atoms with Crippen LogP contribution in [0.5, 0.6) is 0 Å². The third-order valence-corrected chi connectivity index (χ3v) is 3.04. The first-order chi connectivity index (χ1) is 9.19. The highest BCUT2D eigenvalue weighted by atomic mass is 15.0. The zero-order chi connectivity index (χ0) is 13.7. The number of pyridine rings is 1. The molecule has 0 amide bonds. The molecule has 96 valence electrons. The first-order valence-electron chi connectivity index (χ1n) is 6.36. The van der Waals surface area contributed by atoms with Crippen LogP contribution in [-0.2, 0) is 0 Å². The highest BCUT2D eigenvalue weighted by molar-refractivity contribution is 5.44. The zero-order valence-corrected chi connectivity index (χ0v) is 11.2. The Morgan fingerprint density at radius 3 is 2.68 bits per heavy atom. The smallest absolute Gasteiger partial charge is 0.127 e. The van der Waals surface area contributed by atoms with Crippen LogP contribution in [0.25, 0.3) is 0 Å². The lowest BCUT2D eigenvalue weighted by molar-refractivity contribution is 0.801. The van der Waals surface area contributed by atoms with Gasteiger partial charge in [-0.2, -0.15) is 5.26 Å². The molecule has 2 rings (SSSR count).